The molecule has 0 aliphatic heterocycles. The van der Waals surface area contributed by atoms with Crippen LogP contribution in [0.15, 0.2) is 48.5 Å². The monoisotopic (exact) mass is 346 g/mol. The van der Waals surface area contributed by atoms with Crippen molar-refractivity contribution in [3.05, 3.63) is 69.2 Å². The second kappa shape index (κ2) is 8.21. The van der Waals surface area contributed by atoms with Gasteiger partial charge in [-0.15, -0.1) is 0 Å². The van der Waals surface area contributed by atoms with Crippen LogP contribution in [-0.4, -0.2) is 16.6 Å². The second-order valence-corrected chi connectivity index (χ2v) is 5.52. The molecule has 7 heteroatoms. The quantitative estimate of drug-likeness (QED) is 0.461. The molecule has 0 aromatic heterocycles. The number of benzene rings is 2. The summed E-state index contributed by atoms with van der Waals surface area (Å²) in [5.74, 6) is -0.316. The Labute approximate surface area is 143 Å². The van der Waals surface area contributed by atoms with Crippen LogP contribution in [0.25, 0.3) is 0 Å². The van der Waals surface area contributed by atoms with Gasteiger partial charge < -0.3 is 5.32 Å². The summed E-state index contributed by atoms with van der Waals surface area (Å²) < 4.78 is 0. The zero-order chi connectivity index (χ0) is 17.5. The maximum Gasteiger partial charge on any atom is 0.271 e. The summed E-state index contributed by atoms with van der Waals surface area (Å²) in [4.78, 5) is 33.9. The van der Waals surface area contributed by atoms with Crippen molar-refractivity contribution in [1.29, 1.82) is 0 Å². The Bertz CT molecular complexity index is 762. The van der Waals surface area contributed by atoms with Crippen molar-refractivity contribution in [2.24, 2.45) is 0 Å². The Kier molecular flexibility index (Phi) is 6.03. The van der Waals surface area contributed by atoms with E-state index in [2.05, 4.69) is 5.32 Å². The Balaban J connectivity index is 1.83. The number of nitrogens with one attached hydrogen (secondary N) is 1. The van der Waals surface area contributed by atoms with E-state index >= 15 is 0 Å². The van der Waals surface area contributed by atoms with Crippen molar-refractivity contribution in [3.8, 4) is 0 Å². The molecule has 0 radical (unpaired) electrons. The van der Waals surface area contributed by atoms with E-state index < -0.39 is 4.92 Å². The third kappa shape index (κ3) is 4.89. The van der Waals surface area contributed by atoms with Gasteiger partial charge in [0.05, 0.1) is 15.6 Å². The number of non-ortho nitro benzene ring substituents is 1. The first-order chi connectivity index (χ1) is 11.5. The number of amides is 1. The molecule has 0 atom stereocenters. The van der Waals surface area contributed by atoms with Crippen LogP contribution in [0, 0.1) is 10.1 Å². The van der Waals surface area contributed by atoms with E-state index in [0.29, 0.717) is 17.7 Å². The highest BCUT2D eigenvalue weighted by Gasteiger charge is 2.12. The molecule has 2 aromatic rings. The van der Waals surface area contributed by atoms with Crippen LogP contribution in [0.5, 0.6) is 0 Å². The summed E-state index contributed by atoms with van der Waals surface area (Å²) in [7, 11) is 0. The van der Waals surface area contributed by atoms with Gasteiger partial charge in [0.2, 0.25) is 5.91 Å². The SMILES string of the molecule is O=C(CCCC(=O)c1ccccc1)Nc1ccc([N+](=O)[O-])cc1Cl. The molecule has 2 rings (SSSR count). The van der Waals surface area contributed by atoms with Crippen LogP contribution in [0.2, 0.25) is 5.02 Å². The molecule has 124 valence electrons. The highest BCUT2D eigenvalue weighted by atomic mass is 35.5. The molecule has 24 heavy (non-hydrogen) atoms. The lowest BCUT2D eigenvalue weighted by Gasteiger charge is -2.07. The van der Waals surface area contributed by atoms with E-state index in [1.54, 1.807) is 24.3 Å². The maximum absolute atomic E-state index is 11.9. The number of hydrogen-bond donors (Lipinski definition) is 1. The van der Waals surface area contributed by atoms with E-state index in [4.69, 9.17) is 11.6 Å². The maximum atomic E-state index is 11.9. The number of anilines is 1. The molecule has 2 aromatic carbocycles. The van der Waals surface area contributed by atoms with E-state index in [0.717, 1.165) is 0 Å². The largest absolute Gasteiger partial charge is 0.325 e. The first-order valence-electron chi connectivity index (χ1n) is 7.29. The molecule has 6 nitrogen and oxygen atoms in total. The molecule has 0 spiro atoms. The number of carbonyl (C=O) groups excluding carboxylic acids is 2. The van der Waals surface area contributed by atoms with Gasteiger partial charge in [0.1, 0.15) is 0 Å². The van der Waals surface area contributed by atoms with Crippen LogP contribution < -0.4 is 5.32 Å². The minimum absolute atomic E-state index is 0.0169. The third-order valence-corrected chi connectivity index (χ3v) is 3.65. The Hall–Kier alpha value is -2.73. The Morgan fingerprint density at radius 3 is 2.42 bits per heavy atom. The zero-order valence-electron chi connectivity index (χ0n) is 12.7. The van der Waals surface area contributed by atoms with Gasteiger partial charge in [-0.05, 0) is 12.5 Å². The number of nitro groups is 1. The standard InChI is InChI=1S/C17H15ClN2O4/c18-14-11-13(20(23)24)9-10-15(14)19-17(22)8-4-7-16(21)12-5-2-1-3-6-12/h1-3,5-6,9-11H,4,7-8H2,(H,19,22). The van der Waals surface area contributed by atoms with Gasteiger partial charge >= 0.3 is 0 Å². The molecule has 1 N–H and O–H groups in total. The van der Waals surface area contributed by atoms with Gasteiger partial charge in [-0.1, -0.05) is 41.9 Å². The topological polar surface area (TPSA) is 89.3 Å². The van der Waals surface area contributed by atoms with Gasteiger partial charge in [-0.3, -0.25) is 19.7 Å². The van der Waals surface area contributed by atoms with Crippen molar-refractivity contribution < 1.29 is 14.5 Å². The molecular weight excluding hydrogens is 332 g/mol. The van der Waals surface area contributed by atoms with E-state index in [-0.39, 0.29) is 35.2 Å². The fourth-order valence-electron chi connectivity index (χ4n) is 2.11. The lowest BCUT2D eigenvalue weighted by molar-refractivity contribution is -0.384. The number of ketones is 1. The van der Waals surface area contributed by atoms with Crippen molar-refractivity contribution in [3.63, 3.8) is 0 Å². The van der Waals surface area contributed by atoms with Gasteiger partial charge in [-0.25, -0.2) is 0 Å². The predicted molar refractivity (Wildman–Crippen MR) is 91.4 cm³/mol. The molecule has 0 unspecified atom stereocenters. The molecule has 0 aliphatic rings. The van der Waals surface area contributed by atoms with Gasteiger partial charge in [0.25, 0.3) is 5.69 Å². The average Bonchev–Trinajstić information content (AvgIpc) is 2.57. The van der Waals surface area contributed by atoms with Gasteiger partial charge in [-0.2, -0.15) is 0 Å². The van der Waals surface area contributed by atoms with Gasteiger partial charge in [0.15, 0.2) is 5.78 Å². The number of nitro benzene ring substituents is 1. The van der Waals surface area contributed by atoms with Crippen molar-refractivity contribution in [1.82, 2.24) is 0 Å². The van der Waals surface area contributed by atoms with Crippen molar-refractivity contribution in [2.45, 2.75) is 19.3 Å². The Morgan fingerprint density at radius 2 is 1.79 bits per heavy atom. The van der Waals surface area contributed by atoms with Crippen LogP contribution >= 0.6 is 11.6 Å². The van der Waals surface area contributed by atoms with Crippen LogP contribution in [-0.2, 0) is 4.79 Å². The second-order valence-electron chi connectivity index (χ2n) is 5.11. The molecule has 0 saturated heterocycles. The molecule has 0 aliphatic carbocycles. The molecule has 1 amide bonds. The minimum atomic E-state index is -0.563. The molecule has 0 fully saturated rings. The van der Waals surface area contributed by atoms with Crippen LogP contribution in [0.1, 0.15) is 29.6 Å². The lowest BCUT2D eigenvalue weighted by atomic mass is 10.1. The summed E-state index contributed by atoms with van der Waals surface area (Å²) in [6.45, 7) is 0. The third-order valence-electron chi connectivity index (χ3n) is 3.34. The highest BCUT2D eigenvalue weighted by molar-refractivity contribution is 6.33. The molecule has 0 bridgehead atoms. The number of rotatable bonds is 7. The number of halogens is 1. The highest BCUT2D eigenvalue weighted by Crippen LogP contribution is 2.26. The van der Waals surface area contributed by atoms with E-state index in [9.17, 15) is 19.7 Å². The predicted octanol–water partition coefficient (Wildman–Crippen LogP) is 4.24. The zero-order valence-corrected chi connectivity index (χ0v) is 13.5. The fraction of sp³-hybridized carbons (Fsp3) is 0.176. The average molecular weight is 347 g/mol. The van der Waals surface area contributed by atoms with Crippen LogP contribution in [0.3, 0.4) is 0 Å². The van der Waals surface area contributed by atoms with E-state index in [1.165, 1.54) is 18.2 Å². The number of carbonyl (C=O) groups is 2. The summed E-state index contributed by atoms with van der Waals surface area (Å²) in [6, 6.07) is 12.7. The molecule has 0 heterocycles. The summed E-state index contributed by atoms with van der Waals surface area (Å²) >= 11 is 5.91. The summed E-state index contributed by atoms with van der Waals surface area (Å²) in [6.07, 6.45) is 0.835. The van der Waals surface area contributed by atoms with Crippen LogP contribution in [0.4, 0.5) is 11.4 Å². The summed E-state index contributed by atoms with van der Waals surface area (Å²) in [5.41, 5.74) is 0.782. The normalized spacial score (nSPS) is 10.2. The smallest absolute Gasteiger partial charge is 0.271 e. The van der Waals surface area contributed by atoms with Crippen molar-refractivity contribution in [2.75, 3.05) is 5.32 Å². The molecule has 0 saturated carbocycles. The minimum Gasteiger partial charge on any atom is -0.325 e. The van der Waals surface area contributed by atoms with E-state index in [1.807, 2.05) is 6.07 Å². The number of Topliss-reactive ketones (excluding diaryl/α,β-unsaturated/α-hetero) is 1. The van der Waals surface area contributed by atoms with Crippen molar-refractivity contribution >= 4 is 34.7 Å². The number of nitrogens with zero attached hydrogens (tertiary/aromatic N) is 1. The lowest BCUT2D eigenvalue weighted by Crippen LogP contribution is -2.12. The Morgan fingerprint density at radius 1 is 1.08 bits per heavy atom. The fourth-order valence-corrected chi connectivity index (χ4v) is 2.33. The number of hydrogen-bond acceptors (Lipinski definition) is 4. The first-order valence-corrected chi connectivity index (χ1v) is 7.67. The molecular formula is C17H15ClN2O4. The first kappa shape index (κ1) is 17.6. The van der Waals surface area contributed by atoms with Gasteiger partial charge in [0, 0.05) is 30.5 Å². The summed E-state index contributed by atoms with van der Waals surface area (Å²) in [5, 5.41) is 13.3.